The molecule has 0 spiro atoms. The van der Waals surface area contributed by atoms with Gasteiger partial charge in [-0.15, -0.1) is 6.58 Å². The average molecular weight is 451 g/mol. The van der Waals surface area contributed by atoms with E-state index >= 15 is 0 Å². The lowest BCUT2D eigenvalue weighted by Gasteiger charge is -2.48. The van der Waals surface area contributed by atoms with E-state index in [-0.39, 0.29) is 19.2 Å². The Balaban J connectivity index is 2.06. The largest absolute Gasteiger partial charge is 0.432 e. The highest BCUT2D eigenvalue weighted by Crippen LogP contribution is 2.47. The predicted molar refractivity (Wildman–Crippen MR) is 120 cm³/mol. The molecule has 1 atom stereocenters. The van der Waals surface area contributed by atoms with E-state index in [0.717, 1.165) is 28.7 Å². The van der Waals surface area contributed by atoms with E-state index in [2.05, 4.69) is 38.1 Å². The molecule has 1 fully saturated rings. The smallest absolute Gasteiger partial charge is 0.361 e. The van der Waals surface area contributed by atoms with Gasteiger partial charge in [0.2, 0.25) is 0 Å². The summed E-state index contributed by atoms with van der Waals surface area (Å²) >= 11 is 0. The molecule has 1 aromatic rings. The number of benzene rings is 1. The van der Waals surface area contributed by atoms with Crippen molar-refractivity contribution in [3.63, 3.8) is 0 Å². The fourth-order valence-corrected chi connectivity index (χ4v) is 4.21. The molecule has 0 aromatic heterocycles. The summed E-state index contributed by atoms with van der Waals surface area (Å²) in [6.45, 7) is 10.2. The number of anilines is 2. The third-order valence-corrected chi connectivity index (χ3v) is 7.10. The summed E-state index contributed by atoms with van der Waals surface area (Å²) in [5.74, 6) is 3.86. The Labute approximate surface area is 183 Å². The first-order chi connectivity index (χ1) is 14.5. The van der Waals surface area contributed by atoms with Crippen molar-refractivity contribution in [2.24, 2.45) is 5.92 Å². The van der Waals surface area contributed by atoms with Crippen molar-refractivity contribution in [2.45, 2.75) is 50.2 Å². The zero-order valence-corrected chi connectivity index (χ0v) is 19.3. The number of hydrogen-bond donors (Lipinski definition) is 0. The number of para-hydroxylation sites is 2. The number of hydrogen-bond acceptors (Lipinski definition) is 3. The van der Waals surface area contributed by atoms with Gasteiger partial charge in [-0.25, -0.2) is 0 Å². The second-order valence-corrected chi connectivity index (χ2v) is 14.8. The Morgan fingerprint density at radius 1 is 1.26 bits per heavy atom. The van der Waals surface area contributed by atoms with Gasteiger partial charge in [-0.3, -0.25) is 9.69 Å². The molecule has 1 aliphatic carbocycles. The molecule has 1 aromatic carbocycles. The van der Waals surface area contributed by atoms with Gasteiger partial charge in [0, 0.05) is 27.1 Å². The minimum absolute atomic E-state index is 0.0868. The van der Waals surface area contributed by atoms with Crippen LogP contribution in [0.25, 0.3) is 0 Å². The maximum atomic E-state index is 14.6. The minimum Gasteiger partial charge on any atom is -0.361 e. The molecule has 1 heterocycles. The molecule has 0 saturated heterocycles. The highest BCUT2D eigenvalue weighted by Gasteiger charge is 2.67. The molecule has 8 heteroatoms. The number of ether oxygens (including phenoxy) is 1. The molecule has 1 amide bonds. The van der Waals surface area contributed by atoms with Gasteiger partial charge in [-0.05, 0) is 31.0 Å². The van der Waals surface area contributed by atoms with Crippen molar-refractivity contribution in [1.29, 1.82) is 0 Å². The van der Waals surface area contributed by atoms with Crippen molar-refractivity contribution in [3.8, 4) is 11.8 Å². The number of amides is 1. The number of halogens is 3. The van der Waals surface area contributed by atoms with Gasteiger partial charge >= 0.3 is 6.18 Å². The minimum atomic E-state index is -4.90. The Morgan fingerprint density at radius 3 is 2.45 bits per heavy atom. The van der Waals surface area contributed by atoms with Gasteiger partial charge in [0.15, 0.2) is 0 Å². The first-order valence-electron chi connectivity index (χ1n) is 10.5. The number of nitrogens with zero attached hydrogens (tertiary/aromatic N) is 2. The fourth-order valence-electron chi connectivity index (χ4n) is 3.45. The molecule has 0 bridgehead atoms. The zero-order valence-electron chi connectivity index (χ0n) is 18.3. The van der Waals surface area contributed by atoms with Gasteiger partial charge in [-0.1, -0.05) is 49.7 Å². The van der Waals surface area contributed by atoms with Crippen molar-refractivity contribution >= 4 is 25.4 Å². The van der Waals surface area contributed by atoms with Gasteiger partial charge in [0.1, 0.15) is 6.73 Å². The maximum Gasteiger partial charge on any atom is 0.432 e. The molecular weight excluding hydrogens is 421 g/mol. The Kier molecular flexibility index (Phi) is 6.58. The van der Waals surface area contributed by atoms with Crippen LogP contribution < -0.4 is 9.80 Å². The third kappa shape index (κ3) is 4.83. The van der Waals surface area contributed by atoms with Crippen LogP contribution in [-0.2, 0) is 9.53 Å². The van der Waals surface area contributed by atoms with E-state index in [4.69, 9.17) is 4.74 Å². The number of fused-ring (bicyclic) bond motifs is 1. The van der Waals surface area contributed by atoms with Gasteiger partial charge in [0.25, 0.3) is 11.4 Å². The summed E-state index contributed by atoms with van der Waals surface area (Å²) in [6.07, 6.45) is -2.02. The summed E-state index contributed by atoms with van der Waals surface area (Å²) in [4.78, 5) is 15.6. The van der Waals surface area contributed by atoms with Crippen LogP contribution in [-0.4, -0.2) is 45.6 Å². The number of carbonyl (C=O) groups excluding carboxylic acids is 1. The van der Waals surface area contributed by atoms with Crippen LogP contribution in [0.5, 0.6) is 0 Å². The van der Waals surface area contributed by atoms with Crippen molar-refractivity contribution in [2.75, 3.05) is 29.7 Å². The zero-order chi connectivity index (χ0) is 22.9. The van der Waals surface area contributed by atoms with Crippen molar-refractivity contribution < 1.29 is 22.7 Å². The molecular formula is C23H29F3N2O2Si. The SMILES string of the molecule is C=CCN1c2ccccc2N(COCC[Si](C)(C)C)C(=O)C1(C#CC1CC1)C(F)(F)F. The third-order valence-electron chi connectivity index (χ3n) is 5.40. The molecule has 168 valence electrons. The summed E-state index contributed by atoms with van der Waals surface area (Å²) < 4.78 is 49.6. The monoisotopic (exact) mass is 450 g/mol. The topological polar surface area (TPSA) is 32.8 Å². The highest BCUT2D eigenvalue weighted by atomic mass is 28.3. The Bertz CT molecular complexity index is 897. The molecule has 0 radical (unpaired) electrons. The van der Waals surface area contributed by atoms with Crippen LogP contribution in [0.1, 0.15) is 12.8 Å². The molecule has 2 aliphatic rings. The van der Waals surface area contributed by atoms with Crippen LogP contribution in [0.4, 0.5) is 24.5 Å². The predicted octanol–water partition coefficient (Wildman–Crippen LogP) is 5.05. The number of carbonyl (C=O) groups is 1. The molecule has 1 aliphatic heterocycles. The lowest BCUT2D eigenvalue weighted by atomic mass is 9.89. The lowest BCUT2D eigenvalue weighted by molar-refractivity contribution is -0.178. The van der Waals surface area contributed by atoms with E-state index in [1.165, 1.54) is 6.08 Å². The highest BCUT2D eigenvalue weighted by molar-refractivity contribution is 6.76. The Hall–Kier alpha value is -2.24. The van der Waals surface area contributed by atoms with Crippen LogP contribution in [0.2, 0.25) is 25.7 Å². The lowest BCUT2D eigenvalue weighted by Crippen LogP contribution is -2.70. The van der Waals surface area contributed by atoms with E-state index in [9.17, 15) is 18.0 Å². The summed E-state index contributed by atoms with van der Waals surface area (Å²) in [5, 5.41) is 0. The number of alkyl halides is 3. The maximum absolute atomic E-state index is 14.6. The second kappa shape index (κ2) is 8.71. The first kappa shape index (κ1) is 23.4. The average Bonchev–Trinajstić information content (AvgIpc) is 3.49. The van der Waals surface area contributed by atoms with Crippen molar-refractivity contribution in [3.05, 3.63) is 36.9 Å². The van der Waals surface area contributed by atoms with Crippen LogP contribution in [0, 0.1) is 17.8 Å². The molecule has 1 unspecified atom stereocenters. The van der Waals surface area contributed by atoms with E-state index in [1.807, 2.05) is 0 Å². The molecule has 4 nitrogen and oxygen atoms in total. The fraction of sp³-hybridized carbons (Fsp3) is 0.522. The summed E-state index contributed by atoms with van der Waals surface area (Å²) in [5.41, 5.74) is -2.30. The number of rotatable bonds is 7. The van der Waals surface area contributed by atoms with E-state index < -0.39 is 25.7 Å². The van der Waals surface area contributed by atoms with Gasteiger partial charge in [0.05, 0.1) is 11.4 Å². The second-order valence-electron chi connectivity index (χ2n) is 9.22. The van der Waals surface area contributed by atoms with Crippen LogP contribution in [0.3, 0.4) is 0 Å². The first-order valence-corrected chi connectivity index (χ1v) is 14.2. The summed E-state index contributed by atoms with van der Waals surface area (Å²) in [7, 11) is -1.38. The molecule has 1 saturated carbocycles. The van der Waals surface area contributed by atoms with Crippen molar-refractivity contribution in [1.82, 2.24) is 0 Å². The van der Waals surface area contributed by atoms with E-state index in [0.29, 0.717) is 18.0 Å². The van der Waals surface area contributed by atoms with Gasteiger partial charge in [-0.2, -0.15) is 13.2 Å². The molecule has 31 heavy (non-hydrogen) atoms. The van der Waals surface area contributed by atoms with Crippen LogP contribution >= 0.6 is 0 Å². The molecule has 0 N–H and O–H groups in total. The Morgan fingerprint density at radius 2 is 1.90 bits per heavy atom. The quantitative estimate of drug-likeness (QED) is 0.252. The van der Waals surface area contributed by atoms with Crippen LogP contribution in [0.15, 0.2) is 36.9 Å². The normalized spacial score (nSPS) is 21.4. The standard InChI is InChI=1S/C23H29F3N2O2Si/c1-5-14-28-20-9-7-6-8-19(20)27(17-30-15-16-31(2,3)4)21(29)22(28,23(24,25)26)13-12-18-10-11-18/h5-9,18H,1,10-11,14-17H2,2-4H3. The summed E-state index contributed by atoms with van der Waals surface area (Å²) in [6, 6.07) is 7.43. The molecule has 3 rings (SSSR count). The van der Waals surface area contributed by atoms with E-state index in [1.54, 1.807) is 24.3 Å². The van der Waals surface area contributed by atoms with Gasteiger partial charge < -0.3 is 9.64 Å².